The van der Waals surface area contributed by atoms with Crippen molar-refractivity contribution < 1.29 is 4.79 Å². The number of nitrogens with one attached hydrogen (secondary N) is 1. The molecule has 0 fully saturated rings. The molecule has 1 aromatic heterocycles. The van der Waals surface area contributed by atoms with Crippen LogP contribution in [0, 0.1) is 0 Å². The largest absolute Gasteiger partial charge is 0.326 e. The zero-order valence-electron chi connectivity index (χ0n) is 14.7. The zero-order valence-corrected chi connectivity index (χ0v) is 16.3. The summed E-state index contributed by atoms with van der Waals surface area (Å²) >= 11 is 3.37. The van der Waals surface area contributed by atoms with E-state index in [1.165, 1.54) is 10.9 Å². The van der Waals surface area contributed by atoms with Gasteiger partial charge in [0.15, 0.2) is 0 Å². The summed E-state index contributed by atoms with van der Waals surface area (Å²) in [6.07, 6.45) is 1.70. The fourth-order valence-electron chi connectivity index (χ4n) is 2.84. The smallest absolute Gasteiger partial charge is 0.261 e. The lowest BCUT2D eigenvalue weighted by atomic mass is 10.0. The Morgan fingerprint density at radius 2 is 2.00 bits per heavy atom. The van der Waals surface area contributed by atoms with Crippen molar-refractivity contribution in [2.75, 3.05) is 5.32 Å². The Balaban J connectivity index is 1.73. The summed E-state index contributed by atoms with van der Waals surface area (Å²) < 4.78 is 2.30. The molecule has 1 heterocycles. The van der Waals surface area contributed by atoms with Gasteiger partial charge in [-0.1, -0.05) is 48.0 Å². The van der Waals surface area contributed by atoms with Crippen molar-refractivity contribution in [3.8, 4) is 0 Å². The molecule has 0 aliphatic heterocycles. The average Bonchev–Trinajstić information content (AvgIpc) is 2.62. The van der Waals surface area contributed by atoms with Crippen LogP contribution in [0.4, 0.5) is 5.69 Å². The van der Waals surface area contributed by atoms with Crippen molar-refractivity contribution in [2.24, 2.45) is 0 Å². The molecular formula is C20H20BrN3O2. The van der Waals surface area contributed by atoms with Crippen LogP contribution in [0.25, 0.3) is 10.9 Å². The molecule has 3 rings (SSSR count). The second kappa shape index (κ2) is 7.83. The van der Waals surface area contributed by atoms with Crippen molar-refractivity contribution in [1.82, 2.24) is 9.55 Å². The number of halogens is 1. The molecule has 2 aromatic carbocycles. The van der Waals surface area contributed by atoms with Crippen molar-refractivity contribution in [3.63, 3.8) is 0 Å². The number of para-hydroxylation sites is 1. The van der Waals surface area contributed by atoms with E-state index in [2.05, 4.69) is 40.1 Å². The van der Waals surface area contributed by atoms with Gasteiger partial charge in [0.25, 0.3) is 5.56 Å². The van der Waals surface area contributed by atoms with E-state index in [0.717, 1.165) is 15.7 Å². The number of fused-ring (bicyclic) bond motifs is 1. The van der Waals surface area contributed by atoms with Gasteiger partial charge in [-0.3, -0.25) is 14.2 Å². The Morgan fingerprint density at radius 1 is 1.23 bits per heavy atom. The standard InChI is InChI=1S/C20H20BrN3O2/c1-13(2)15-5-3-4-6-18(15)23-19(25)9-10-24-12-22-17-8-7-14(21)11-16(17)20(24)26/h3-8,11-13H,9-10H2,1-2H3,(H,23,25). The van der Waals surface area contributed by atoms with Gasteiger partial charge in [0.05, 0.1) is 17.2 Å². The number of carbonyl (C=O) groups excluding carboxylic acids is 1. The van der Waals surface area contributed by atoms with Crippen molar-refractivity contribution in [3.05, 3.63) is 69.2 Å². The Kier molecular flexibility index (Phi) is 5.52. The first-order valence-electron chi connectivity index (χ1n) is 8.49. The Morgan fingerprint density at radius 3 is 2.77 bits per heavy atom. The molecule has 6 heteroatoms. The minimum Gasteiger partial charge on any atom is -0.326 e. The van der Waals surface area contributed by atoms with Gasteiger partial charge in [0, 0.05) is 23.1 Å². The lowest BCUT2D eigenvalue weighted by molar-refractivity contribution is -0.116. The number of hydrogen-bond donors (Lipinski definition) is 1. The summed E-state index contributed by atoms with van der Waals surface area (Å²) in [5.41, 5.74) is 2.41. The molecule has 0 spiro atoms. The highest BCUT2D eigenvalue weighted by molar-refractivity contribution is 9.10. The highest BCUT2D eigenvalue weighted by atomic mass is 79.9. The summed E-state index contributed by atoms with van der Waals surface area (Å²) in [7, 11) is 0. The minimum atomic E-state index is -0.147. The van der Waals surface area contributed by atoms with Crippen LogP contribution in [0.2, 0.25) is 0 Å². The molecule has 0 atom stereocenters. The van der Waals surface area contributed by atoms with Crippen molar-refractivity contribution >= 4 is 38.4 Å². The Hall–Kier alpha value is -2.47. The number of aromatic nitrogens is 2. The molecule has 134 valence electrons. The topological polar surface area (TPSA) is 64.0 Å². The van der Waals surface area contributed by atoms with E-state index < -0.39 is 0 Å². The molecule has 0 unspecified atom stereocenters. The molecule has 0 saturated carbocycles. The van der Waals surface area contributed by atoms with E-state index in [4.69, 9.17) is 0 Å². The zero-order chi connectivity index (χ0) is 18.7. The van der Waals surface area contributed by atoms with Gasteiger partial charge in [-0.25, -0.2) is 4.98 Å². The Labute approximate surface area is 160 Å². The van der Waals surface area contributed by atoms with Crippen molar-refractivity contribution in [1.29, 1.82) is 0 Å². The third kappa shape index (κ3) is 4.02. The molecule has 0 bridgehead atoms. The van der Waals surface area contributed by atoms with Crippen LogP contribution in [0.3, 0.4) is 0 Å². The van der Waals surface area contributed by atoms with Crippen LogP contribution in [-0.4, -0.2) is 15.5 Å². The SMILES string of the molecule is CC(C)c1ccccc1NC(=O)CCn1cnc2ccc(Br)cc2c1=O. The molecule has 0 aliphatic carbocycles. The first-order valence-corrected chi connectivity index (χ1v) is 9.28. The predicted octanol–water partition coefficient (Wildman–Crippen LogP) is 4.31. The third-order valence-electron chi connectivity index (χ3n) is 4.22. The number of benzene rings is 2. The Bertz CT molecular complexity index is 1010. The van der Waals surface area contributed by atoms with E-state index in [1.54, 1.807) is 12.1 Å². The van der Waals surface area contributed by atoms with Crippen LogP contribution >= 0.6 is 15.9 Å². The second-order valence-corrected chi connectivity index (χ2v) is 7.36. The molecule has 1 N–H and O–H groups in total. The number of rotatable bonds is 5. The monoisotopic (exact) mass is 413 g/mol. The summed E-state index contributed by atoms with van der Waals surface area (Å²) in [5.74, 6) is 0.191. The molecular weight excluding hydrogens is 394 g/mol. The number of nitrogens with zero attached hydrogens (tertiary/aromatic N) is 2. The number of anilines is 1. The molecule has 3 aromatic rings. The van der Waals surface area contributed by atoms with Gasteiger partial charge in [-0.2, -0.15) is 0 Å². The number of hydrogen-bond acceptors (Lipinski definition) is 3. The average molecular weight is 414 g/mol. The van der Waals surface area contributed by atoms with E-state index >= 15 is 0 Å². The number of aryl methyl sites for hydroxylation is 1. The van der Waals surface area contributed by atoms with Gasteiger partial charge in [0.1, 0.15) is 0 Å². The summed E-state index contributed by atoms with van der Waals surface area (Å²) in [4.78, 5) is 29.2. The molecule has 0 saturated heterocycles. The lowest BCUT2D eigenvalue weighted by Crippen LogP contribution is -2.24. The van der Waals surface area contributed by atoms with Gasteiger partial charge in [-0.15, -0.1) is 0 Å². The van der Waals surface area contributed by atoms with E-state index in [0.29, 0.717) is 16.8 Å². The van der Waals surface area contributed by atoms with Crippen LogP contribution < -0.4 is 10.9 Å². The maximum Gasteiger partial charge on any atom is 0.261 e. The molecule has 26 heavy (non-hydrogen) atoms. The third-order valence-corrected chi connectivity index (χ3v) is 4.72. The minimum absolute atomic E-state index is 0.126. The molecule has 0 aliphatic rings. The summed E-state index contributed by atoms with van der Waals surface area (Å²) in [6.45, 7) is 4.46. The first-order chi connectivity index (χ1) is 12.5. The number of carbonyl (C=O) groups is 1. The highest BCUT2D eigenvalue weighted by Gasteiger charge is 2.10. The van der Waals surface area contributed by atoms with Crippen LogP contribution in [0.1, 0.15) is 31.7 Å². The van der Waals surface area contributed by atoms with E-state index in [9.17, 15) is 9.59 Å². The summed E-state index contributed by atoms with van der Waals surface area (Å²) in [6, 6.07) is 13.2. The van der Waals surface area contributed by atoms with Gasteiger partial charge in [-0.05, 0) is 35.7 Å². The van der Waals surface area contributed by atoms with Crippen LogP contribution in [0.15, 0.2) is 58.1 Å². The predicted molar refractivity (Wildman–Crippen MR) is 107 cm³/mol. The lowest BCUT2D eigenvalue weighted by Gasteiger charge is -2.14. The second-order valence-electron chi connectivity index (χ2n) is 6.44. The normalized spacial score (nSPS) is 11.1. The van der Waals surface area contributed by atoms with Gasteiger partial charge >= 0.3 is 0 Å². The fourth-order valence-corrected chi connectivity index (χ4v) is 3.20. The van der Waals surface area contributed by atoms with Crippen molar-refractivity contribution in [2.45, 2.75) is 32.7 Å². The van der Waals surface area contributed by atoms with Crippen LogP contribution in [-0.2, 0) is 11.3 Å². The van der Waals surface area contributed by atoms with Crippen LogP contribution in [0.5, 0.6) is 0 Å². The van der Waals surface area contributed by atoms with E-state index in [1.807, 2.05) is 30.3 Å². The van der Waals surface area contributed by atoms with Gasteiger partial charge in [0.2, 0.25) is 5.91 Å². The molecule has 1 amide bonds. The van der Waals surface area contributed by atoms with E-state index in [-0.39, 0.29) is 24.4 Å². The fraction of sp³-hybridized carbons (Fsp3) is 0.250. The van der Waals surface area contributed by atoms with Gasteiger partial charge < -0.3 is 5.32 Å². The maximum absolute atomic E-state index is 12.6. The highest BCUT2D eigenvalue weighted by Crippen LogP contribution is 2.23. The maximum atomic E-state index is 12.6. The quantitative estimate of drug-likeness (QED) is 0.677. The summed E-state index contributed by atoms with van der Waals surface area (Å²) in [5, 5.41) is 3.48. The molecule has 0 radical (unpaired) electrons. The first kappa shape index (κ1) is 18.3. The molecule has 5 nitrogen and oxygen atoms in total. The number of amides is 1.